The Kier molecular flexibility index (Phi) is 4.67. The van der Waals surface area contributed by atoms with Gasteiger partial charge >= 0.3 is 0 Å². The highest BCUT2D eigenvalue weighted by Crippen LogP contribution is 2.25. The molecule has 0 aliphatic rings. The lowest BCUT2D eigenvalue weighted by Gasteiger charge is -2.06. The van der Waals surface area contributed by atoms with Crippen LogP contribution in [0.3, 0.4) is 0 Å². The molecular formula is C19H12ClN5OS. The number of hydrogen-bond donors (Lipinski definition) is 2. The molecule has 27 heavy (non-hydrogen) atoms. The van der Waals surface area contributed by atoms with Crippen molar-refractivity contribution in [3.8, 4) is 17.3 Å². The molecule has 2 aromatic heterocycles. The van der Waals surface area contributed by atoms with Gasteiger partial charge in [-0.25, -0.2) is 9.97 Å². The molecule has 6 nitrogen and oxygen atoms in total. The molecule has 0 atom stereocenters. The maximum Gasteiger partial charge on any atom is 0.270 e. The SMILES string of the molecule is N#Cc1c(-c2ccc(Cl)cc2)nc(SCc2nc3ccccc3[nH]2)[nH]c1=O. The summed E-state index contributed by atoms with van der Waals surface area (Å²) in [5.41, 5.74) is 2.35. The van der Waals surface area contributed by atoms with E-state index in [1.165, 1.54) is 11.8 Å². The van der Waals surface area contributed by atoms with Crippen LogP contribution in [0.5, 0.6) is 0 Å². The Balaban J connectivity index is 1.66. The number of aromatic nitrogens is 4. The van der Waals surface area contributed by atoms with Crippen molar-refractivity contribution in [2.24, 2.45) is 0 Å². The summed E-state index contributed by atoms with van der Waals surface area (Å²) in [5.74, 6) is 1.28. The number of rotatable bonds is 4. The van der Waals surface area contributed by atoms with E-state index in [0.717, 1.165) is 16.9 Å². The summed E-state index contributed by atoms with van der Waals surface area (Å²) in [6.45, 7) is 0. The van der Waals surface area contributed by atoms with Crippen molar-refractivity contribution in [1.82, 2.24) is 19.9 Å². The predicted octanol–water partition coefficient (Wildman–Crippen LogP) is 4.13. The maximum atomic E-state index is 12.3. The normalized spacial score (nSPS) is 10.8. The molecule has 0 saturated heterocycles. The summed E-state index contributed by atoms with van der Waals surface area (Å²) in [7, 11) is 0. The Morgan fingerprint density at radius 3 is 2.59 bits per heavy atom. The molecule has 0 radical (unpaired) electrons. The van der Waals surface area contributed by atoms with Gasteiger partial charge in [-0.3, -0.25) is 4.79 Å². The minimum atomic E-state index is -0.468. The molecule has 2 N–H and O–H groups in total. The first-order valence-electron chi connectivity index (χ1n) is 8.01. The number of imidazole rings is 1. The third-order valence-corrected chi connectivity index (χ3v) is 5.05. The third-order valence-electron chi connectivity index (χ3n) is 3.91. The van der Waals surface area contributed by atoms with Crippen molar-refractivity contribution in [3.05, 3.63) is 75.3 Å². The second-order valence-electron chi connectivity index (χ2n) is 5.70. The molecule has 4 rings (SSSR count). The van der Waals surface area contributed by atoms with Crippen molar-refractivity contribution in [2.45, 2.75) is 10.9 Å². The molecule has 0 bridgehead atoms. The Morgan fingerprint density at radius 2 is 1.85 bits per heavy atom. The molecule has 0 aliphatic heterocycles. The number of para-hydroxylation sites is 2. The molecule has 0 unspecified atom stereocenters. The molecular weight excluding hydrogens is 382 g/mol. The Labute approximate surface area is 163 Å². The highest BCUT2D eigenvalue weighted by atomic mass is 35.5. The zero-order valence-electron chi connectivity index (χ0n) is 13.9. The molecule has 0 spiro atoms. The second kappa shape index (κ2) is 7.27. The van der Waals surface area contributed by atoms with Crippen LogP contribution in [0.25, 0.3) is 22.3 Å². The molecule has 0 amide bonds. The van der Waals surface area contributed by atoms with E-state index in [9.17, 15) is 10.1 Å². The molecule has 0 saturated carbocycles. The molecule has 0 fully saturated rings. The van der Waals surface area contributed by atoms with Crippen LogP contribution in [0, 0.1) is 11.3 Å². The van der Waals surface area contributed by atoms with Gasteiger partial charge in [0, 0.05) is 10.6 Å². The Bertz CT molecular complexity index is 1190. The number of hydrogen-bond acceptors (Lipinski definition) is 5. The second-order valence-corrected chi connectivity index (χ2v) is 7.10. The maximum absolute atomic E-state index is 12.3. The number of thioether (sulfide) groups is 1. The summed E-state index contributed by atoms with van der Waals surface area (Å²) in [5, 5.41) is 10.3. The first-order chi connectivity index (χ1) is 13.1. The summed E-state index contributed by atoms with van der Waals surface area (Å²) in [4.78, 5) is 27.2. The fourth-order valence-electron chi connectivity index (χ4n) is 2.65. The Morgan fingerprint density at radius 1 is 1.07 bits per heavy atom. The average Bonchev–Trinajstić information content (AvgIpc) is 3.09. The van der Waals surface area contributed by atoms with E-state index in [4.69, 9.17) is 11.6 Å². The predicted molar refractivity (Wildman–Crippen MR) is 106 cm³/mol. The van der Waals surface area contributed by atoms with Gasteiger partial charge in [0.05, 0.1) is 22.5 Å². The summed E-state index contributed by atoms with van der Waals surface area (Å²) in [6.07, 6.45) is 0. The topological polar surface area (TPSA) is 98.2 Å². The molecule has 2 aromatic carbocycles. The fraction of sp³-hybridized carbons (Fsp3) is 0.0526. The van der Waals surface area contributed by atoms with Gasteiger partial charge in [-0.15, -0.1) is 0 Å². The van der Waals surface area contributed by atoms with E-state index >= 15 is 0 Å². The van der Waals surface area contributed by atoms with Crippen molar-refractivity contribution in [3.63, 3.8) is 0 Å². The smallest absolute Gasteiger partial charge is 0.270 e. The van der Waals surface area contributed by atoms with E-state index in [2.05, 4.69) is 19.9 Å². The molecule has 4 aromatic rings. The largest absolute Gasteiger partial charge is 0.341 e. The minimum absolute atomic E-state index is 0.0228. The monoisotopic (exact) mass is 393 g/mol. The number of H-pyrrole nitrogens is 2. The lowest BCUT2D eigenvalue weighted by atomic mass is 10.1. The van der Waals surface area contributed by atoms with Crippen LogP contribution >= 0.6 is 23.4 Å². The zero-order chi connectivity index (χ0) is 18.8. The van der Waals surface area contributed by atoms with Crippen molar-refractivity contribution < 1.29 is 0 Å². The number of nitrogens with zero attached hydrogens (tertiary/aromatic N) is 3. The van der Waals surface area contributed by atoms with Crippen LogP contribution < -0.4 is 5.56 Å². The number of fused-ring (bicyclic) bond motifs is 1. The first-order valence-corrected chi connectivity index (χ1v) is 9.37. The average molecular weight is 394 g/mol. The summed E-state index contributed by atoms with van der Waals surface area (Å²) < 4.78 is 0. The number of nitrogens with one attached hydrogen (secondary N) is 2. The van der Waals surface area contributed by atoms with E-state index in [1.54, 1.807) is 24.3 Å². The van der Waals surface area contributed by atoms with Gasteiger partial charge in [-0.1, -0.05) is 47.6 Å². The van der Waals surface area contributed by atoms with Crippen LogP contribution in [0.4, 0.5) is 0 Å². The van der Waals surface area contributed by atoms with Crippen LogP contribution in [0.1, 0.15) is 11.4 Å². The highest BCUT2D eigenvalue weighted by molar-refractivity contribution is 7.98. The molecule has 2 heterocycles. The van der Waals surface area contributed by atoms with Crippen molar-refractivity contribution in [1.29, 1.82) is 5.26 Å². The number of benzene rings is 2. The zero-order valence-corrected chi connectivity index (χ0v) is 15.4. The molecule has 0 aliphatic carbocycles. The van der Waals surface area contributed by atoms with E-state index in [-0.39, 0.29) is 5.56 Å². The van der Waals surface area contributed by atoms with Gasteiger partial charge in [-0.2, -0.15) is 5.26 Å². The van der Waals surface area contributed by atoms with Crippen LogP contribution in [-0.2, 0) is 5.75 Å². The summed E-state index contributed by atoms with van der Waals surface area (Å²) >= 11 is 7.26. The van der Waals surface area contributed by atoms with E-state index in [1.807, 2.05) is 30.3 Å². The van der Waals surface area contributed by atoms with Gasteiger partial charge in [-0.05, 0) is 24.3 Å². The Hall–Kier alpha value is -3.08. The quantitative estimate of drug-likeness (QED) is 0.401. The van der Waals surface area contributed by atoms with Crippen LogP contribution in [-0.4, -0.2) is 19.9 Å². The van der Waals surface area contributed by atoms with Gasteiger partial charge in [0.1, 0.15) is 17.5 Å². The van der Waals surface area contributed by atoms with E-state index < -0.39 is 5.56 Å². The van der Waals surface area contributed by atoms with Crippen molar-refractivity contribution in [2.75, 3.05) is 0 Å². The van der Waals surface area contributed by atoms with E-state index in [0.29, 0.717) is 27.2 Å². The van der Waals surface area contributed by atoms with Gasteiger partial charge in [0.15, 0.2) is 5.16 Å². The standard InChI is InChI=1S/C19H12ClN5OS/c20-12-7-5-11(6-8-12)17-13(9-21)18(26)25-19(24-17)27-10-16-22-14-3-1-2-4-15(14)23-16/h1-8H,10H2,(H,22,23)(H,24,25,26). The van der Waals surface area contributed by atoms with Crippen molar-refractivity contribution >= 4 is 34.4 Å². The first kappa shape index (κ1) is 17.3. The lowest BCUT2D eigenvalue weighted by Crippen LogP contribution is -2.14. The highest BCUT2D eigenvalue weighted by Gasteiger charge is 2.14. The van der Waals surface area contributed by atoms with Gasteiger partial charge < -0.3 is 9.97 Å². The lowest BCUT2D eigenvalue weighted by molar-refractivity contribution is 0.932. The van der Waals surface area contributed by atoms with Crippen LogP contribution in [0.2, 0.25) is 5.02 Å². The minimum Gasteiger partial charge on any atom is -0.341 e. The number of aromatic amines is 2. The van der Waals surface area contributed by atoms with Gasteiger partial charge in [0.2, 0.25) is 0 Å². The van der Waals surface area contributed by atoms with Gasteiger partial charge in [0.25, 0.3) is 5.56 Å². The van der Waals surface area contributed by atoms with Crippen LogP contribution in [0.15, 0.2) is 58.5 Å². The number of halogens is 1. The fourth-order valence-corrected chi connectivity index (χ4v) is 3.51. The molecule has 132 valence electrons. The third kappa shape index (κ3) is 3.58. The molecule has 8 heteroatoms. The summed E-state index contributed by atoms with van der Waals surface area (Å²) in [6, 6.07) is 16.5. The number of nitriles is 1.